The second kappa shape index (κ2) is 9.48. The molecule has 8 heteroatoms. The van der Waals surface area contributed by atoms with Gasteiger partial charge in [-0.25, -0.2) is 0 Å². The van der Waals surface area contributed by atoms with Gasteiger partial charge in [-0.2, -0.15) is 4.98 Å². The van der Waals surface area contributed by atoms with Crippen LogP contribution in [0.25, 0.3) is 21.5 Å². The van der Waals surface area contributed by atoms with Gasteiger partial charge in [0.2, 0.25) is 0 Å². The van der Waals surface area contributed by atoms with E-state index < -0.39 is 0 Å². The van der Waals surface area contributed by atoms with Crippen LogP contribution >= 0.6 is 11.3 Å². The molecule has 34 heavy (non-hydrogen) atoms. The molecule has 1 aliphatic heterocycles. The van der Waals surface area contributed by atoms with Gasteiger partial charge in [-0.05, 0) is 93.1 Å². The van der Waals surface area contributed by atoms with Gasteiger partial charge in [0.1, 0.15) is 11.3 Å². The predicted molar refractivity (Wildman–Crippen MR) is 137 cm³/mol. The summed E-state index contributed by atoms with van der Waals surface area (Å²) >= 11 is 1.46. The third kappa shape index (κ3) is 4.64. The summed E-state index contributed by atoms with van der Waals surface area (Å²) in [6.07, 6.45) is 2.18. The minimum absolute atomic E-state index is 0.142. The zero-order chi connectivity index (χ0) is 23.7. The van der Waals surface area contributed by atoms with Gasteiger partial charge in [0.05, 0.1) is 12.0 Å². The Morgan fingerprint density at radius 2 is 1.91 bits per heavy atom. The molecule has 7 nitrogen and oxygen atoms in total. The Morgan fingerprint density at radius 1 is 1.15 bits per heavy atom. The van der Waals surface area contributed by atoms with E-state index in [0.717, 1.165) is 47.6 Å². The van der Waals surface area contributed by atoms with Crippen molar-refractivity contribution in [3.63, 3.8) is 0 Å². The van der Waals surface area contributed by atoms with Crippen molar-refractivity contribution in [1.29, 1.82) is 0 Å². The number of hydrogen-bond donors (Lipinski definition) is 1. The average molecular weight is 477 g/mol. The van der Waals surface area contributed by atoms with Crippen LogP contribution in [0.15, 0.2) is 59.0 Å². The SMILES string of the molecule is COc1ccc(-c2ccc(C(=O)Nc3ccc4oc(N(C)C5CCN(C)CC5)nc4c3)s2)cc1. The highest BCUT2D eigenvalue weighted by atomic mass is 32.1. The second-order valence-electron chi connectivity index (χ2n) is 8.67. The van der Waals surface area contributed by atoms with Crippen molar-refractivity contribution in [1.82, 2.24) is 9.88 Å². The Morgan fingerprint density at radius 3 is 2.65 bits per heavy atom. The van der Waals surface area contributed by atoms with Crippen LogP contribution in [0.2, 0.25) is 0 Å². The van der Waals surface area contributed by atoms with E-state index >= 15 is 0 Å². The van der Waals surface area contributed by atoms with E-state index in [9.17, 15) is 4.79 Å². The van der Waals surface area contributed by atoms with Gasteiger partial charge in [-0.1, -0.05) is 0 Å². The smallest absolute Gasteiger partial charge is 0.298 e. The molecule has 2 aromatic carbocycles. The molecule has 0 unspecified atom stereocenters. The van der Waals surface area contributed by atoms with Gasteiger partial charge in [0.15, 0.2) is 5.58 Å². The fourth-order valence-electron chi connectivity index (χ4n) is 4.25. The molecule has 1 N–H and O–H groups in total. The standard InChI is InChI=1S/C26H28N4O3S/c1-29-14-12-19(13-15-29)30(2)26-28-21-16-18(6-9-22(21)33-26)27-25(31)24-11-10-23(34-24)17-4-7-20(32-3)8-5-17/h4-11,16,19H,12-15H2,1-3H3,(H,27,31). The second-order valence-corrected chi connectivity index (χ2v) is 9.75. The van der Waals surface area contributed by atoms with Crippen LogP contribution in [0.5, 0.6) is 5.75 Å². The zero-order valence-electron chi connectivity index (χ0n) is 19.6. The van der Waals surface area contributed by atoms with Gasteiger partial charge >= 0.3 is 0 Å². The van der Waals surface area contributed by atoms with Crippen LogP contribution in [-0.2, 0) is 0 Å². The molecule has 0 aliphatic carbocycles. The summed E-state index contributed by atoms with van der Waals surface area (Å²) < 4.78 is 11.2. The fraction of sp³-hybridized carbons (Fsp3) is 0.308. The van der Waals surface area contributed by atoms with Gasteiger partial charge in [0, 0.05) is 23.7 Å². The van der Waals surface area contributed by atoms with Crippen molar-refractivity contribution in [3.8, 4) is 16.2 Å². The quantitative estimate of drug-likeness (QED) is 0.405. The number of anilines is 2. The van der Waals surface area contributed by atoms with Gasteiger partial charge in [0.25, 0.3) is 11.9 Å². The Balaban J connectivity index is 1.28. The highest BCUT2D eigenvalue weighted by Crippen LogP contribution is 2.31. The number of piperidine rings is 1. The van der Waals surface area contributed by atoms with Gasteiger partial charge in [-0.15, -0.1) is 11.3 Å². The minimum atomic E-state index is -0.142. The third-order valence-corrected chi connectivity index (χ3v) is 7.51. The number of rotatable bonds is 6. The van der Waals surface area contributed by atoms with Crippen molar-refractivity contribution in [3.05, 3.63) is 59.5 Å². The van der Waals surface area contributed by atoms with E-state index in [0.29, 0.717) is 28.2 Å². The van der Waals surface area contributed by atoms with E-state index in [-0.39, 0.29) is 5.91 Å². The molecule has 0 saturated carbocycles. The number of thiophene rings is 1. The van der Waals surface area contributed by atoms with E-state index in [4.69, 9.17) is 14.1 Å². The summed E-state index contributed by atoms with van der Waals surface area (Å²) in [5.41, 5.74) is 3.19. The monoisotopic (exact) mass is 476 g/mol. The first-order valence-corrected chi connectivity index (χ1v) is 12.2. The lowest BCUT2D eigenvalue weighted by Gasteiger charge is -2.34. The topological polar surface area (TPSA) is 70.8 Å². The molecular formula is C26H28N4O3S. The maximum absolute atomic E-state index is 12.9. The van der Waals surface area contributed by atoms with Crippen molar-refractivity contribution in [2.45, 2.75) is 18.9 Å². The number of oxazole rings is 1. The normalized spacial score (nSPS) is 14.9. The summed E-state index contributed by atoms with van der Waals surface area (Å²) in [6, 6.07) is 18.2. The maximum Gasteiger partial charge on any atom is 0.298 e. The fourth-order valence-corrected chi connectivity index (χ4v) is 5.15. The highest BCUT2D eigenvalue weighted by molar-refractivity contribution is 7.17. The number of carbonyl (C=O) groups is 1. The van der Waals surface area contributed by atoms with Crippen molar-refractivity contribution < 1.29 is 13.9 Å². The van der Waals surface area contributed by atoms with Crippen LogP contribution in [0.4, 0.5) is 11.7 Å². The molecule has 176 valence electrons. The molecular weight excluding hydrogens is 448 g/mol. The molecule has 1 fully saturated rings. The first kappa shape index (κ1) is 22.4. The first-order chi connectivity index (χ1) is 16.5. The number of nitrogens with zero attached hydrogens (tertiary/aromatic N) is 3. The van der Waals surface area contributed by atoms with E-state index in [1.807, 2.05) is 61.6 Å². The molecule has 0 spiro atoms. The number of fused-ring (bicyclic) bond motifs is 1. The molecule has 1 amide bonds. The summed E-state index contributed by atoms with van der Waals surface area (Å²) in [5, 5.41) is 2.99. The van der Waals surface area contributed by atoms with E-state index in [1.165, 1.54) is 11.3 Å². The highest BCUT2D eigenvalue weighted by Gasteiger charge is 2.24. The van der Waals surface area contributed by atoms with Crippen molar-refractivity contribution >= 4 is 40.0 Å². The summed E-state index contributed by atoms with van der Waals surface area (Å²) in [7, 11) is 5.84. The molecule has 0 bridgehead atoms. The molecule has 3 heterocycles. The lowest BCUT2D eigenvalue weighted by atomic mass is 10.0. The maximum atomic E-state index is 12.9. The molecule has 5 rings (SSSR count). The number of nitrogens with one attached hydrogen (secondary N) is 1. The van der Waals surface area contributed by atoms with Crippen molar-refractivity contribution in [2.75, 3.05) is 44.5 Å². The molecule has 1 saturated heterocycles. The number of benzene rings is 2. The first-order valence-electron chi connectivity index (χ1n) is 11.4. The third-order valence-electron chi connectivity index (χ3n) is 6.38. The molecule has 1 aliphatic rings. The number of aromatic nitrogens is 1. The predicted octanol–water partition coefficient (Wildman–Crippen LogP) is 5.35. The molecule has 2 aromatic heterocycles. The molecule has 0 atom stereocenters. The largest absolute Gasteiger partial charge is 0.497 e. The number of ether oxygens (including phenoxy) is 1. The van der Waals surface area contributed by atoms with Crippen LogP contribution < -0.4 is 15.0 Å². The number of amides is 1. The Kier molecular flexibility index (Phi) is 6.26. The Bertz CT molecular complexity index is 1290. The van der Waals surface area contributed by atoms with E-state index in [1.54, 1.807) is 7.11 Å². The number of hydrogen-bond acceptors (Lipinski definition) is 7. The van der Waals surface area contributed by atoms with Gasteiger partial charge < -0.3 is 24.3 Å². The zero-order valence-corrected chi connectivity index (χ0v) is 20.4. The summed E-state index contributed by atoms with van der Waals surface area (Å²) in [5.74, 6) is 0.665. The van der Waals surface area contributed by atoms with Gasteiger partial charge in [-0.3, -0.25) is 4.79 Å². The Labute approximate surface area is 203 Å². The van der Waals surface area contributed by atoms with Crippen LogP contribution in [-0.4, -0.2) is 56.1 Å². The average Bonchev–Trinajstić information content (AvgIpc) is 3.52. The van der Waals surface area contributed by atoms with Crippen LogP contribution in [0, 0.1) is 0 Å². The Hall–Kier alpha value is -3.36. The van der Waals surface area contributed by atoms with E-state index in [2.05, 4.69) is 22.2 Å². The molecule has 4 aromatic rings. The van der Waals surface area contributed by atoms with Crippen LogP contribution in [0.1, 0.15) is 22.5 Å². The minimum Gasteiger partial charge on any atom is -0.497 e. The lowest BCUT2D eigenvalue weighted by molar-refractivity contribution is 0.103. The lowest BCUT2D eigenvalue weighted by Crippen LogP contribution is -2.42. The van der Waals surface area contributed by atoms with Crippen LogP contribution in [0.3, 0.4) is 0 Å². The summed E-state index contributed by atoms with van der Waals surface area (Å²) in [4.78, 5) is 23.7. The number of carbonyl (C=O) groups excluding carboxylic acids is 1. The summed E-state index contributed by atoms with van der Waals surface area (Å²) in [6.45, 7) is 2.16. The van der Waals surface area contributed by atoms with Crippen molar-refractivity contribution in [2.24, 2.45) is 0 Å². The number of methoxy groups -OCH3 is 1. The molecule has 0 radical (unpaired) electrons. The number of likely N-dealkylation sites (tertiary alicyclic amines) is 1.